The highest BCUT2D eigenvalue weighted by Gasteiger charge is 2.36. The molecule has 13 rings (SSSR count). The second-order valence-electron chi connectivity index (χ2n) is 16.3. The third-order valence-electron chi connectivity index (χ3n) is 12.7. The summed E-state index contributed by atoms with van der Waals surface area (Å²) in [6, 6.07) is 59.4. The molecule has 0 bridgehead atoms. The van der Waals surface area contributed by atoms with Crippen molar-refractivity contribution in [2.75, 3.05) is 0 Å². The molecule has 0 aliphatic heterocycles. The fourth-order valence-electron chi connectivity index (χ4n) is 9.89. The molecule has 4 aromatic heterocycles. The highest BCUT2D eigenvalue weighted by atomic mass is 16.3. The normalized spacial score (nSPS) is 13.3. The Morgan fingerprint density at radius 3 is 1.65 bits per heavy atom. The number of furan rings is 2. The number of rotatable bonds is 4. The highest BCUT2D eigenvalue weighted by molar-refractivity contribution is 6.14. The lowest BCUT2D eigenvalue weighted by Crippen LogP contribution is -2.14. The molecule has 0 radical (unpaired) electrons. The van der Waals surface area contributed by atoms with E-state index < -0.39 is 0 Å². The van der Waals surface area contributed by atoms with Crippen LogP contribution in [0.5, 0.6) is 0 Å². The third kappa shape index (κ3) is 4.61. The van der Waals surface area contributed by atoms with Crippen LogP contribution >= 0.6 is 0 Å². The number of benzene rings is 8. The molecule has 6 heteroatoms. The summed E-state index contributed by atoms with van der Waals surface area (Å²) in [7, 11) is 0. The monoisotopic (exact) mass is 770 g/mol. The lowest BCUT2D eigenvalue weighted by molar-refractivity contribution is 0.661. The van der Waals surface area contributed by atoms with E-state index >= 15 is 0 Å². The van der Waals surface area contributed by atoms with Crippen molar-refractivity contribution in [1.29, 1.82) is 0 Å². The van der Waals surface area contributed by atoms with Crippen molar-refractivity contribution >= 4 is 65.7 Å². The van der Waals surface area contributed by atoms with Crippen molar-refractivity contribution in [3.05, 3.63) is 181 Å². The van der Waals surface area contributed by atoms with Crippen LogP contribution in [0.15, 0.2) is 179 Å². The molecule has 0 spiro atoms. The zero-order valence-electron chi connectivity index (χ0n) is 32.8. The van der Waals surface area contributed by atoms with E-state index in [9.17, 15) is 0 Å². The maximum absolute atomic E-state index is 6.34. The summed E-state index contributed by atoms with van der Waals surface area (Å²) in [5.41, 5.74) is 14.4. The molecule has 282 valence electrons. The Morgan fingerprint density at radius 1 is 0.400 bits per heavy atom. The predicted molar refractivity (Wildman–Crippen MR) is 243 cm³/mol. The Bertz CT molecular complexity index is 3640. The van der Waals surface area contributed by atoms with E-state index in [1.807, 2.05) is 60.7 Å². The topological polar surface area (TPSA) is 69.9 Å². The van der Waals surface area contributed by atoms with Crippen molar-refractivity contribution < 1.29 is 8.83 Å². The molecule has 0 amide bonds. The number of nitrogens with zero attached hydrogens (tertiary/aromatic N) is 4. The minimum absolute atomic E-state index is 0.132. The highest BCUT2D eigenvalue weighted by Crippen LogP contribution is 2.51. The SMILES string of the molecule is CC1(C)c2ccccc2-c2cc3c4ccccc4n(-c4cccc(-c5nc(-c6cccc7oc8ccccc8c67)nc(-c6cccc7oc8ccccc8c67)n5)c4)c3cc21. The average Bonchev–Trinajstić information content (AvgIpc) is 4.02. The number of hydrogen-bond acceptors (Lipinski definition) is 5. The fourth-order valence-corrected chi connectivity index (χ4v) is 9.89. The summed E-state index contributed by atoms with van der Waals surface area (Å²) in [6.45, 7) is 4.68. The molecule has 6 nitrogen and oxygen atoms in total. The van der Waals surface area contributed by atoms with Gasteiger partial charge in [0.1, 0.15) is 22.3 Å². The van der Waals surface area contributed by atoms with E-state index in [4.69, 9.17) is 23.8 Å². The van der Waals surface area contributed by atoms with E-state index in [1.165, 1.54) is 38.5 Å². The average molecular weight is 771 g/mol. The smallest absolute Gasteiger partial charge is 0.164 e. The zero-order chi connectivity index (χ0) is 39.7. The first-order chi connectivity index (χ1) is 29.5. The van der Waals surface area contributed by atoms with Gasteiger partial charge in [-0.05, 0) is 76.9 Å². The maximum atomic E-state index is 6.34. The van der Waals surface area contributed by atoms with E-state index in [-0.39, 0.29) is 5.41 Å². The van der Waals surface area contributed by atoms with Gasteiger partial charge in [-0.1, -0.05) is 129 Å². The number of para-hydroxylation sites is 3. The Kier molecular flexibility index (Phi) is 6.69. The van der Waals surface area contributed by atoms with Crippen LogP contribution in [0.4, 0.5) is 0 Å². The standard InChI is InChI=1S/C54H34N4O2/c1-54(2)41-22-7-3-16-33(41)39-29-40-34-17-4-8-23-43(34)58(44(40)30-42(39)54)32-15-11-14-31(28-32)51-55-52(37-20-12-26-47-49(37)35-18-5-9-24-45(35)59-47)57-53(56-51)38-21-13-27-48-50(38)36-19-6-10-25-46(36)60-48/h3-30H,1-2H3. The second kappa shape index (κ2) is 12.1. The van der Waals surface area contributed by atoms with Crippen LogP contribution in [0, 0.1) is 0 Å². The van der Waals surface area contributed by atoms with Gasteiger partial charge in [-0.3, -0.25) is 0 Å². The van der Waals surface area contributed by atoms with Gasteiger partial charge in [-0.2, -0.15) is 0 Å². The predicted octanol–water partition coefficient (Wildman–Crippen LogP) is 14.1. The molecule has 0 atom stereocenters. The first-order valence-electron chi connectivity index (χ1n) is 20.4. The van der Waals surface area contributed by atoms with Crippen LogP contribution < -0.4 is 0 Å². The van der Waals surface area contributed by atoms with Crippen LogP contribution in [0.25, 0.3) is 117 Å². The molecule has 8 aromatic carbocycles. The molecule has 60 heavy (non-hydrogen) atoms. The van der Waals surface area contributed by atoms with Gasteiger partial charge in [0.05, 0.1) is 11.0 Å². The fraction of sp³-hybridized carbons (Fsp3) is 0.0556. The van der Waals surface area contributed by atoms with Gasteiger partial charge in [0, 0.05) is 60.1 Å². The van der Waals surface area contributed by atoms with Gasteiger partial charge in [0.2, 0.25) is 0 Å². The van der Waals surface area contributed by atoms with Crippen LogP contribution in [0.1, 0.15) is 25.0 Å². The maximum Gasteiger partial charge on any atom is 0.164 e. The van der Waals surface area contributed by atoms with Gasteiger partial charge >= 0.3 is 0 Å². The molecular weight excluding hydrogens is 737 g/mol. The number of fused-ring (bicyclic) bond motifs is 12. The molecule has 0 N–H and O–H groups in total. The molecule has 0 fully saturated rings. The van der Waals surface area contributed by atoms with Crippen molar-refractivity contribution in [3.8, 4) is 51.0 Å². The van der Waals surface area contributed by atoms with E-state index in [0.717, 1.165) is 71.8 Å². The summed E-state index contributed by atoms with van der Waals surface area (Å²) in [5, 5.41) is 6.42. The van der Waals surface area contributed by atoms with Crippen LogP contribution in [0.3, 0.4) is 0 Å². The summed E-state index contributed by atoms with van der Waals surface area (Å²) in [4.78, 5) is 15.9. The van der Waals surface area contributed by atoms with Gasteiger partial charge < -0.3 is 13.4 Å². The first-order valence-corrected chi connectivity index (χ1v) is 20.4. The van der Waals surface area contributed by atoms with Crippen molar-refractivity contribution in [3.63, 3.8) is 0 Å². The Morgan fingerprint density at radius 2 is 0.950 bits per heavy atom. The van der Waals surface area contributed by atoms with Crippen molar-refractivity contribution in [1.82, 2.24) is 19.5 Å². The largest absolute Gasteiger partial charge is 0.456 e. The lowest BCUT2D eigenvalue weighted by atomic mass is 9.82. The zero-order valence-corrected chi connectivity index (χ0v) is 32.8. The molecular formula is C54H34N4O2. The van der Waals surface area contributed by atoms with Gasteiger partial charge in [-0.15, -0.1) is 0 Å². The summed E-state index contributed by atoms with van der Waals surface area (Å²) < 4.78 is 15.1. The Hall–Kier alpha value is -7.83. The summed E-state index contributed by atoms with van der Waals surface area (Å²) in [6.07, 6.45) is 0. The quantitative estimate of drug-likeness (QED) is 0.178. The molecule has 0 saturated carbocycles. The molecule has 1 aliphatic carbocycles. The minimum atomic E-state index is -0.132. The second-order valence-corrected chi connectivity index (χ2v) is 16.3. The third-order valence-corrected chi connectivity index (χ3v) is 12.7. The van der Waals surface area contributed by atoms with Gasteiger partial charge in [-0.25, -0.2) is 15.0 Å². The van der Waals surface area contributed by atoms with Crippen LogP contribution in [-0.4, -0.2) is 19.5 Å². The Balaban J connectivity index is 1.06. The van der Waals surface area contributed by atoms with Gasteiger partial charge in [0.15, 0.2) is 17.5 Å². The summed E-state index contributed by atoms with van der Waals surface area (Å²) in [5.74, 6) is 1.71. The van der Waals surface area contributed by atoms with Crippen molar-refractivity contribution in [2.45, 2.75) is 19.3 Å². The minimum Gasteiger partial charge on any atom is -0.456 e. The van der Waals surface area contributed by atoms with Crippen molar-refractivity contribution in [2.24, 2.45) is 0 Å². The molecule has 12 aromatic rings. The van der Waals surface area contributed by atoms with E-state index in [1.54, 1.807) is 0 Å². The van der Waals surface area contributed by atoms with E-state index in [0.29, 0.717) is 17.5 Å². The van der Waals surface area contributed by atoms with Crippen LogP contribution in [-0.2, 0) is 5.41 Å². The van der Waals surface area contributed by atoms with E-state index in [2.05, 4.69) is 128 Å². The number of aromatic nitrogens is 4. The molecule has 4 heterocycles. The Labute approximate surface area is 344 Å². The molecule has 0 saturated heterocycles. The molecule has 0 unspecified atom stereocenters. The number of hydrogen-bond donors (Lipinski definition) is 0. The first kappa shape index (κ1) is 33.2. The lowest BCUT2D eigenvalue weighted by Gasteiger charge is -2.21. The van der Waals surface area contributed by atoms with Gasteiger partial charge in [0.25, 0.3) is 0 Å². The summed E-state index contributed by atoms with van der Waals surface area (Å²) >= 11 is 0. The van der Waals surface area contributed by atoms with Crippen LogP contribution in [0.2, 0.25) is 0 Å². The molecule has 1 aliphatic rings.